The van der Waals surface area contributed by atoms with Gasteiger partial charge in [-0.15, -0.1) is 26.3 Å². The number of tetrazole rings is 1. The first kappa shape index (κ1) is 16.6. The molecule has 5 aromatic rings. The summed E-state index contributed by atoms with van der Waals surface area (Å²) in [7, 11) is 0. The van der Waals surface area contributed by atoms with Crippen LogP contribution in [0.5, 0.6) is 0 Å². The van der Waals surface area contributed by atoms with Crippen LogP contribution in [0.3, 0.4) is 0 Å². The van der Waals surface area contributed by atoms with Gasteiger partial charge in [-0.05, 0) is 29.8 Å². The van der Waals surface area contributed by atoms with Gasteiger partial charge in [-0.3, -0.25) is 0 Å². The third-order valence-electron chi connectivity index (χ3n) is 4.30. The lowest BCUT2D eigenvalue weighted by Gasteiger charge is -2.05. The van der Waals surface area contributed by atoms with Gasteiger partial charge in [0.25, 0.3) is 0 Å². The Morgan fingerprint density at radius 1 is 0.964 bits per heavy atom. The maximum atomic E-state index is 13.5. The molecule has 0 unspecified atom stereocenters. The van der Waals surface area contributed by atoms with Gasteiger partial charge in [0, 0.05) is 16.5 Å². The normalized spacial score (nSPS) is 11.2. The van der Waals surface area contributed by atoms with Crippen molar-refractivity contribution in [1.29, 1.82) is 0 Å². The average Bonchev–Trinajstić information content (AvgIpc) is 3.35. The number of fused-ring (bicyclic) bond motifs is 1. The van der Waals surface area contributed by atoms with E-state index in [1.165, 1.54) is 16.9 Å². The Labute approximate surface area is 163 Å². The zero-order valence-corrected chi connectivity index (χ0v) is 15.6. The van der Waals surface area contributed by atoms with E-state index in [1.54, 1.807) is 23.5 Å². The van der Waals surface area contributed by atoms with Crippen molar-refractivity contribution in [2.75, 3.05) is 0 Å². The Morgan fingerprint density at radius 3 is 2.61 bits per heavy atom. The van der Waals surface area contributed by atoms with Crippen LogP contribution in [0, 0.1) is 12.7 Å². The molecule has 6 nitrogen and oxygen atoms in total. The second-order valence-corrected chi connectivity index (χ2v) is 7.06. The Hall–Kier alpha value is -3.52. The fourth-order valence-corrected chi connectivity index (χ4v) is 4.04. The van der Waals surface area contributed by atoms with E-state index >= 15 is 0 Å². The van der Waals surface area contributed by atoms with Crippen LogP contribution in [0.15, 0.2) is 60.0 Å². The summed E-state index contributed by atoms with van der Waals surface area (Å²) in [4.78, 5) is 11.4. The van der Waals surface area contributed by atoms with Crippen molar-refractivity contribution in [3.05, 3.63) is 71.6 Å². The van der Waals surface area contributed by atoms with E-state index in [0.717, 1.165) is 21.3 Å². The highest BCUT2D eigenvalue weighted by Crippen LogP contribution is 2.35. The van der Waals surface area contributed by atoms with Gasteiger partial charge < -0.3 is 0 Å². The van der Waals surface area contributed by atoms with Gasteiger partial charge in [0.05, 0.1) is 5.39 Å². The molecule has 136 valence electrons. The molecule has 0 atom stereocenters. The Balaban J connectivity index is 1.70. The molecule has 0 aliphatic rings. The molecule has 0 N–H and O–H groups in total. The van der Waals surface area contributed by atoms with Crippen LogP contribution in [-0.4, -0.2) is 30.2 Å². The SMILES string of the molecule is Cc1nc(-n2nnc(-c3cccc(F)c3)n2)c2c(-c3ccccc3)csc2n1. The fraction of sp³-hybridized carbons (Fsp3) is 0.0500. The minimum absolute atomic E-state index is 0.334. The number of nitrogens with zero attached hydrogens (tertiary/aromatic N) is 6. The lowest BCUT2D eigenvalue weighted by molar-refractivity contribution is 0.628. The molecule has 0 radical (unpaired) electrons. The molecule has 0 aliphatic heterocycles. The summed E-state index contributed by atoms with van der Waals surface area (Å²) in [5, 5.41) is 15.6. The standard InChI is InChI=1S/C20H13FN6S/c1-12-22-19(27-25-18(24-26-27)14-8-5-9-15(21)10-14)17-16(11-28-20(17)23-12)13-6-3-2-4-7-13/h2-11H,1H3. The number of thiophene rings is 1. The largest absolute Gasteiger partial charge is 0.222 e. The van der Waals surface area contributed by atoms with Gasteiger partial charge in [-0.25, -0.2) is 14.4 Å². The highest BCUT2D eigenvalue weighted by atomic mass is 32.1. The highest BCUT2D eigenvalue weighted by Gasteiger charge is 2.18. The lowest BCUT2D eigenvalue weighted by atomic mass is 10.1. The van der Waals surface area contributed by atoms with Gasteiger partial charge >= 0.3 is 0 Å². The van der Waals surface area contributed by atoms with E-state index in [1.807, 2.05) is 37.3 Å². The fourth-order valence-electron chi connectivity index (χ4n) is 3.05. The molecule has 28 heavy (non-hydrogen) atoms. The molecule has 2 aromatic carbocycles. The number of hydrogen-bond donors (Lipinski definition) is 0. The van der Waals surface area contributed by atoms with E-state index < -0.39 is 0 Å². The highest BCUT2D eigenvalue weighted by molar-refractivity contribution is 7.17. The van der Waals surface area contributed by atoms with E-state index in [0.29, 0.717) is 23.0 Å². The number of rotatable bonds is 3. The Kier molecular flexibility index (Phi) is 3.91. The van der Waals surface area contributed by atoms with Crippen LogP contribution < -0.4 is 0 Å². The maximum absolute atomic E-state index is 13.5. The summed E-state index contributed by atoms with van der Waals surface area (Å²) in [5.41, 5.74) is 2.63. The van der Waals surface area contributed by atoms with Gasteiger partial charge in [0.1, 0.15) is 16.5 Å². The molecule has 0 fully saturated rings. The van der Waals surface area contributed by atoms with Gasteiger partial charge in [-0.2, -0.15) is 0 Å². The molecule has 3 aromatic heterocycles. The third-order valence-corrected chi connectivity index (χ3v) is 5.17. The first-order valence-electron chi connectivity index (χ1n) is 8.56. The average molecular weight is 388 g/mol. The molecule has 0 saturated carbocycles. The number of aryl methyl sites for hydroxylation is 1. The number of hydrogen-bond acceptors (Lipinski definition) is 6. The molecule has 8 heteroatoms. The van der Waals surface area contributed by atoms with Crippen LogP contribution in [0.25, 0.3) is 38.5 Å². The van der Waals surface area contributed by atoms with E-state index in [-0.39, 0.29) is 5.82 Å². The minimum atomic E-state index is -0.349. The topological polar surface area (TPSA) is 69.4 Å². The first-order chi connectivity index (χ1) is 13.7. The van der Waals surface area contributed by atoms with Crippen molar-refractivity contribution >= 4 is 21.6 Å². The van der Waals surface area contributed by atoms with E-state index in [2.05, 4.69) is 30.8 Å². The van der Waals surface area contributed by atoms with Crippen LogP contribution in [0.1, 0.15) is 5.82 Å². The molecule has 0 spiro atoms. The second kappa shape index (κ2) is 6.58. The summed E-state index contributed by atoms with van der Waals surface area (Å²) in [5.74, 6) is 1.16. The summed E-state index contributed by atoms with van der Waals surface area (Å²) >= 11 is 1.55. The molecular formula is C20H13FN6S. The smallest absolute Gasteiger partial charge is 0.205 e. The zero-order valence-electron chi connectivity index (χ0n) is 14.7. The number of aromatic nitrogens is 6. The molecule has 3 heterocycles. The number of benzene rings is 2. The first-order valence-corrected chi connectivity index (χ1v) is 9.44. The summed E-state index contributed by atoms with van der Waals surface area (Å²) in [6.45, 7) is 1.83. The Bertz CT molecular complexity index is 1290. The van der Waals surface area contributed by atoms with Crippen molar-refractivity contribution in [3.63, 3.8) is 0 Å². The monoisotopic (exact) mass is 388 g/mol. The van der Waals surface area contributed by atoms with Crippen molar-refractivity contribution in [1.82, 2.24) is 30.2 Å². The molecule has 0 aliphatic carbocycles. The zero-order chi connectivity index (χ0) is 19.1. The minimum Gasteiger partial charge on any atom is -0.222 e. The quantitative estimate of drug-likeness (QED) is 0.457. The summed E-state index contributed by atoms with van der Waals surface area (Å²) < 4.78 is 13.5. The maximum Gasteiger partial charge on any atom is 0.205 e. The van der Waals surface area contributed by atoms with E-state index in [4.69, 9.17) is 0 Å². The molecular weight excluding hydrogens is 375 g/mol. The third kappa shape index (κ3) is 2.84. The molecule has 5 rings (SSSR count). The van der Waals surface area contributed by atoms with Crippen LogP contribution in [0.2, 0.25) is 0 Å². The lowest BCUT2D eigenvalue weighted by Crippen LogP contribution is -2.05. The van der Waals surface area contributed by atoms with Gasteiger partial charge in [-0.1, -0.05) is 42.5 Å². The predicted molar refractivity (Wildman–Crippen MR) is 106 cm³/mol. The van der Waals surface area contributed by atoms with Crippen molar-refractivity contribution in [3.8, 4) is 28.3 Å². The molecule has 0 amide bonds. The summed E-state index contributed by atoms with van der Waals surface area (Å²) in [6.07, 6.45) is 0. The van der Waals surface area contributed by atoms with Gasteiger partial charge in [0.15, 0.2) is 5.82 Å². The van der Waals surface area contributed by atoms with Crippen LogP contribution in [0.4, 0.5) is 4.39 Å². The number of halogens is 1. The van der Waals surface area contributed by atoms with Crippen molar-refractivity contribution in [2.24, 2.45) is 0 Å². The van der Waals surface area contributed by atoms with Gasteiger partial charge in [0.2, 0.25) is 5.82 Å². The molecule has 0 saturated heterocycles. The van der Waals surface area contributed by atoms with E-state index in [9.17, 15) is 4.39 Å². The van der Waals surface area contributed by atoms with Crippen LogP contribution >= 0.6 is 11.3 Å². The van der Waals surface area contributed by atoms with Crippen LogP contribution in [-0.2, 0) is 0 Å². The second-order valence-electron chi connectivity index (χ2n) is 6.20. The van der Waals surface area contributed by atoms with Crippen molar-refractivity contribution < 1.29 is 4.39 Å². The summed E-state index contributed by atoms with van der Waals surface area (Å²) in [6, 6.07) is 16.1. The van der Waals surface area contributed by atoms with Crippen molar-refractivity contribution in [2.45, 2.75) is 6.92 Å². The Morgan fingerprint density at radius 2 is 1.79 bits per heavy atom. The molecule has 0 bridgehead atoms. The predicted octanol–water partition coefficient (Wildman–Crippen LogP) is 4.45.